The molecule has 2 aromatic carbocycles. The summed E-state index contributed by atoms with van der Waals surface area (Å²) in [5.41, 5.74) is -0.256. The lowest BCUT2D eigenvalue weighted by Crippen LogP contribution is -2.53. The molecule has 31 heavy (non-hydrogen) atoms. The topological polar surface area (TPSA) is 52.6 Å². The van der Waals surface area contributed by atoms with E-state index >= 15 is 4.39 Å². The fourth-order valence-electron chi connectivity index (χ4n) is 5.29. The summed E-state index contributed by atoms with van der Waals surface area (Å²) in [6.07, 6.45) is -0.0649. The zero-order chi connectivity index (χ0) is 22.1. The third-order valence-corrected chi connectivity index (χ3v) is 7.36. The van der Waals surface area contributed by atoms with Gasteiger partial charge in [0.25, 0.3) is 5.92 Å². The Kier molecular flexibility index (Phi) is 4.83. The lowest BCUT2D eigenvalue weighted by Gasteiger charge is -2.39. The summed E-state index contributed by atoms with van der Waals surface area (Å²) in [6, 6.07) is 8.83. The van der Waals surface area contributed by atoms with Crippen molar-refractivity contribution >= 4 is 34.8 Å². The van der Waals surface area contributed by atoms with E-state index < -0.39 is 41.1 Å². The van der Waals surface area contributed by atoms with Crippen molar-refractivity contribution in [2.24, 2.45) is 5.92 Å². The number of carbonyl (C=O) groups is 1. The van der Waals surface area contributed by atoms with E-state index in [9.17, 15) is 18.7 Å². The maximum Gasteiger partial charge on any atom is 0.252 e. The molecule has 0 bridgehead atoms. The third kappa shape index (κ3) is 3.01. The molecule has 1 aliphatic carbocycles. The van der Waals surface area contributed by atoms with Crippen LogP contribution in [0, 0.1) is 11.7 Å². The number of hydrogen-bond donors (Lipinski definition) is 2. The molecule has 2 N–H and O–H groups in total. The summed E-state index contributed by atoms with van der Waals surface area (Å²) in [4.78, 5) is 15.2. The normalized spacial score (nSPS) is 31.2. The summed E-state index contributed by atoms with van der Waals surface area (Å²) in [6.45, 7) is -0.443. The van der Waals surface area contributed by atoms with Crippen molar-refractivity contribution < 1.29 is 23.1 Å². The van der Waals surface area contributed by atoms with E-state index in [-0.39, 0.29) is 36.6 Å². The van der Waals surface area contributed by atoms with E-state index in [1.54, 1.807) is 35.2 Å². The standard InChI is InChI=1S/C22H19Cl2F3N2O2/c23-12-4-5-15-18(6-12)28-20(31)22(15)16(14-2-1-3-17(24)19(14)25)7-13(10-30)29(22)9-11-8-21(11,26)27/h1-6,11,13,16,30H,7-10H2,(H,28,31)/t11?,13-,16-,22-/m1/s1. The molecule has 4 atom stereocenters. The Morgan fingerprint density at radius 1 is 1.23 bits per heavy atom. The van der Waals surface area contributed by atoms with Gasteiger partial charge < -0.3 is 10.4 Å². The molecular formula is C22H19Cl2F3N2O2. The quantitative estimate of drug-likeness (QED) is 0.675. The number of aliphatic hydroxyl groups excluding tert-OH is 1. The number of anilines is 1. The molecule has 164 valence electrons. The van der Waals surface area contributed by atoms with Crippen LogP contribution < -0.4 is 5.32 Å². The Morgan fingerprint density at radius 3 is 2.65 bits per heavy atom. The zero-order valence-corrected chi connectivity index (χ0v) is 17.7. The van der Waals surface area contributed by atoms with Gasteiger partial charge in [0.1, 0.15) is 11.4 Å². The van der Waals surface area contributed by atoms with Crippen molar-refractivity contribution in [2.75, 3.05) is 18.5 Å². The molecule has 0 aromatic heterocycles. The molecule has 5 rings (SSSR count). The van der Waals surface area contributed by atoms with E-state index in [0.717, 1.165) is 0 Å². The summed E-state index contributed by atoms with van der Waals surface area (Å²) < 4.78 is 42.8. The van der Waals surface area contributed by atoms with Gasteiger partial charge in [-0.15, -0.1) is 0 Å². The van der Waals surface area contributed by atoms with Gasteiger partial charge >= 0.3 is 0 Å². The van der Waals surface area contributed by atoms with Crippen molar-refractivity contribution in [3.8, 4) is 0 Å². The number of likely N-dealkylation sites (tertiary alicyclic amines) is 1. The highest BCUT2D eigenvalue weighted by Gasteiger charge is 2.66. The highest BCUT2D eigenvalue weighted by molar-refractivity contribution is 6.31. The van der Waals surface area contributed by atoms with Crippen LogP contribution >= 0.6 is 23.2 Å². The fourth-order valence-corrected chi connectivity index (χ4v) is 5.65. The number of nitrogens with zero attached hydrogens (tertiary/aromatic N) is 1. The Bertz CT molecular complexity index is 1080. The molecular weight excluding hydrogens is 452 g/mol. The average molecular weight is 471 g/mol. The minimum absolute atomic E-state index is 0.0879. The van der Waals surface area contributed by atoms with Crippen LogP contribution in [0.4, 0.5) is 18.9 Å². The van der Waals surface area contributed by atoms with E-state index in [2.05, 4.69) is 5.32 Å². The van der Waals surface area contributed by atoms with Crippen LogP contribution in [0.15, 0.2) is 36.4 Å². The Labute approximate surface area is 186 Å². The van der Waals surface area contributed by atoms with Gasteiger partial charge in [0.2, 0.25) is 5.91 Å². The summed E-state index contributed by atoms with van der Waals surface area (Å²) in [7, 11) is 0. The predicted molar refractivity (Wildman–Crippen MR) is 111 cm³/mol. The second-order valence-corrected chi connectivity index (χ2v) is 9.34. The number of carbonyl (C=O) groups excluding carboxylic acids is 1. The predicted octanol–water partition coefficient (Wildman–Crippen LogP) is 4.79. The first-order chi connectivity index (χ1) is 14.7. The van der Waals surface area contributed by atoms with Crippen molar-refractivity contribution in [2.45, 2.75) is 36.3 Å². The van der Waals surface area contributed by atoms with E-state index in [1.807, 2.05) is 0 Å². The van der Waals surface area contributed by atoms with E-state index in [1.165, 1.54) is 6.07 Å². The second kappa shape index (κ2) is 7.10. The van der Waals surface area contributed by atoms with Gasteiger partial charge in [-0.05, 0) is 30.2 Å². The second-order valence-electron chi connectivity index (χ2n) is 8.49. The molecule has 3 aliphatic rings. The van der Waals surface area contributed by atoms with Gasteiger partial charge in [-0.25, -0.2) is 13.2 Å². The van der Waals surface area contributed by atoms with Crippen LogP contribution in [0.3, 0.4) is 0 Å². The first kappa shape index (κ1) is 21.1. The minimum atomic E-state index is -2.81. The van der Waals surface area contributed by atoms with Crippen LogP contribution in [0.2, 0.25) is 10.0 Å². The number of hydrogen-bond acceptors (Lipinski definition) is 3. The van der Waals surface area contributed by atoms with Crippen LogP contribution in [0.25, 0.3) is 0 Å². The van der Waals surface area contributed by atoms with E-state index in [4.69, 9.17) is 23.2 Å². The maximum atomic E-state index is 15.1. The van der Waals surface area contributed by atoms with Crippen LogP contribution in [-0.4, -0.2) is 41.0 Å². The lowest BCUT2D eigenvalue weighted by atomic mass is 9.75. The van der Waals surface area contributed by atoms with Crippen LogP contribution in [0.1, 0.15) is 29.9 Å². The van der Waals surface area contributed by atoms with Gasteiger partial charge in [0.15, 0.2) is 0 Å². The Morgan fingerprint density at radius 2 is 1.97 bits per heavy atom. The maximum absolute atomic E-state index is 15.1. The zero-order valence-electron chi connectivity index (χ0n) is 16.2. The van der Waals surface area contributed by atoms with Crippen molar-refractivity contribution in [3.05, 3.63) is 63.4 Å². The van der Waals surface area contributed by atoms with Crippen molar-refractivity contribution in [1.29, 1.82) is 0 Å². The number of fused-ring (bicyclic) bond motifs is 2. The number of halogens is 5. The number of aliphatic hydroxyl groups is 1. The van der Waals surface area contributed by atoms with Gasteiger partial charge in [-0.2, -0.15) is 0 Å². The van der Waals surface area contributed by atoms with Crippen LogP contribution in [0.5, 0.6) is 0 Å². The Balaban J connectivity index is 1.72. The number of rotatable bonds is 4. The smallest absolute Gasteiger partial charge is 0.252 e. The van der Waals surface area contributed by atoms with Gasteiger partial charge in [0.05, 0.1) is 11.6 Å². The molecule has 1 spiro atoms. The summed E-state index contributed by atoms with van der Waals surface area (Å²) >= 11 is 12.1. The molecule has 1 amide bonds. The average Bonchev–Trinajstić information content (AvgIpc) is 3.05. The lowest BCUT2D eigenvalue weighted by molar-refractivity contribution is -0.128. The molecule has 1 saturated heterocycles. The molecule has 4 nitrogen and oxygen atoms in total. The monoisotopic (exact) mass is 470 g/mol. The number of alkyl halides is 2. The van der Waals surface area contributed by atoms with Crippen molar-refractivity contribution in [1.82, 2.24) is 4.90 Å². The molecule has 2 fully saturated rings. The molecule has 2 heterocycles. The van der Waals surface area contributed by atoms with Crippen LogP contribution in [-0.2, 0) is 10.3 Å². The number of amides is 1. The molecule has 9 heteroatoms. The number of benzene rings is 2. The molecule has 2 aromatic rings. The molecule has 1 saturated carbocycles. The highest BCUT2D eigenvalue weighted by atomic mass is 35.5. The molecule has 1 unspecified atom stereocenters. The van der Waals surface area contributed by atoms with E-state index in [0.29, 0.717) is 16.3 Å². The minimum Gasteiger partial charge on any atom is -0.395 e. The fraction of sp³-hybridized carbons (Fsp3) is 0.409. The summed E-state index contributed by atoms with van der Waals surface area (Å²) in [5, 5.41) is 13.2. The molecule has 0 radical (unpaired) electrons. The first-order valence-electron chi connectivity index (χ1n) is 10.0. The van der Waals surface area contributed by atoms with Gasteiger partial charge in [-0.1, -0.05) is 41.4 Å². The highest BCUT2D eigenvalue weighted by Crippen LogP contribution is 2.60. The van der Waals surface area contributed by atoms with Gasteiger partial charge in [-0.3, -0.25) is 9.69 Å². The number of nitrogens with one attached hydrogen (secondary N) is 1. The Hall–Kier alpha value is -1.80. The summed E-state index contributed by atoms with van der Waals surface area (Å²) in [5.74, 6) is -5.57. The first-order valence-corrected chi connectivity index (χ1v) is 10.8. The van der Waals surface area contributed by atoms with Crippen molar-refractivity contribution in [3.63, 3.8) is 0 Å². The third-order valence-electron chi connectivity index (χ3n) is 6.83. The molecule has 2 aliphatic heterocycles. The SMILES string of the molecule is O=C1Nc2cc(Cl)ccc2[C@@]12[C@@H](c1cccc(Cl)c1F)C[C@H](CO)N2CC1CC1(F)F. The largest absolute Gasteiger partial charge is 0.395 e. The van der Waals surface area contributed by atoms with Gasteiger partial charge in [0, 0.05) is 47.1 Å².